The van der Waals surface area contributed by atoms with Crippen molar-refractivity contribution in [2.24, 2.45) is 0 Å². The SMILES string of the molecule is COCC(C)c1nc(N)c2c(n1)CCCC2. The molecular weight excluding hydrogens is 202 g/mol. The van der Waals surface area contributed by atoms with Gasteiger partial charge in [0.05, 0.1) is 6.61 Å². The van der Waals surface area contributed by atoms with Crippen LogP contribution in [0.4, 0.5) is 5.82 Å². The normalized spacial score (nSPS) is 16.9. The van der Waals surface area contributed by atoms with Gasteiger partial charge in [0.25, 0.3) is 0 Å². The summed E-state index contributed by atoms with van der Waals surface area (Å²) in [5.41, 5.74) is 8.30. The minimum Gasteiger partial charge on any atom is -0.384 e. The summed E-state index contributed by atoms with van der Waals surface area (Å²) in [6.07, 6.45) is 4.48. The molecule has 0 amide bonds. The molecule has 1 unspecified atom stereocenters. The molecule has 1 atom stereocenters. The van der Waals surface area contributed by atoms with E-state index in [2.05, 4.69) is 16.9 Å². The molecule has 0 aliphatic heterocycles. The third-order valence-corrected chi connectivity index (χ3v) is 3.09. The summed E-state index contributed by atoms with van der Waals surface area (Å²) in [6, 6.07) is 0. The number of nitrogens with zero attached hydrogens (tertiary/aromatic N) is 2. The van der Waals surface area contributed by atoms with Crippen LogP contribution in [0.3, 0.4) is 0 Å². The van der Waals surface area contributed by atoms with Crippen LogP contribution in [0.2, 0.25) is 0 Å². The quantitative estimate of drug-likeness (QED) is 0.843. The van der Waals surface area contributed by atoms with Crippen LogP contribution >= 0.6 is 0 Å². The Hall–Kier alpha value is -1.16. The van der Waals surface area contributed by atoms with E-state index in [0.717, 1.165) is 24.4 Å². The summed E-state index contributed by atoms with van der Waals surface area (Å²) in [6.45, 7) is 2.70. The molecule has 0 saturated heterocycles. The zero-order chi connectivity index (χ0) is 11.5. The van der Waals surface area contributed by atoms with Crippen molar-refractivity contribution in [3.63, 3.8) is 0 Å². The molecule has 1 aliphatic rings. The van der Waals surface area contributed by atoms with Gasteiger partial charge in [0, 0.05) is 24.3 Å². The predicted molar refractivity (Wildman–Crippen MR) is 63.4 cm³/mol. The lowest BCUT2D eigenvalue weighted by Crippen LogP contribution is -2.16. The third-order valence-electron chi connectivity index (χ3n) is 3.09. The van der Waals surface area contributed by atoms with Crippen molar-refractivity contribution in [3.05, 3.63) is 17.1 Å². The van der Waals surface area contributed by atoms with Crippen molar-refractivity contribution < 1.29 is 4.74 Å². The van der Waals surface area contributed by atoms with Crippen molar-refractivity contribution in [1.29, 1.82) is 0 Å². The first-order valence-electron chi connectivity index (χ1n) is 5.86. The molecule has 0 bridgehead atoms. The van der Waals surface area contributed by atoms with Gasteiger partial charge in [0.2, 0.25) is 0 Å². The van der Waals surface area contributed by atoms with Gasteiger partial charge in [-0.2, -0.15) is 0 Å². The molecule has 0 spiro atoms. The van der Waals surface area contributed by atoms with Gasteiger partial charge in [0.15, 0.2) is 0 Å². The first-order valence-corrected chi connectivity index (χ1v) is 5.86. The molecule has 1 aromatic heterocycles. The van der Waals surface area contributed by atoms with Crippen LogP contribution in [-0.2, 0) is 17.6 Å². The topological polar surface area (TPSA) is 61.0 Å². The van der Waals surface area contributed by atoms with Crippen LogP contribution in [0, 0.1) is 0 Å². The number of fused-ring (bicyclic) bond motifs is 1. The van der Waals surface area contributed by atoms with Gasteiger partial charge in [-0.05, 0) is 25.7 Å². The summed E-state index contributed by atoms with van der Waals surface area (Å²) >= 11 is 0. The summed E-state index contributed by atoms with van der Waals surface area (Å²) < 4.78 is 5.12. The maximum atomic E-state index is 5.98. The van der Waals surface area contributed by atoms with Crippen LogP contribution in [0.15, 0.2) is 0 Å². The number of hydrogen-bond acceptors (Lipinski definition) is 4. The molecule has 0 saturated carbocycles. The van der Waals surface area contributed by atoms with Crippen LogP contribution in [0.5, 0.6) is 0 Å². The van der Waals surface area contributed by atoms with Gasteiger partial charge < -0.3 is 10.5 Å². The molecule has 4 nitrogen and oxygen atoms in total. The lowest BCUT2D eigenvalue weighted by atomic mass is 9.96. The van der Waals surface area contributed by atoms with Gasteiger partial charge in [-0.1, -0.05) is 6.92 Å². The molecule has 0 fully saturated rings. The fraction of sp³-hybridized carbons (Fsp3) is 0.667. The number of ether oxygens (including phenoxy) is 1. The largest absolute Gasteiger partial charge is 0.384 e. The van der Waals surface area contributed by atoms with E-state index in [1.807, 2.05) is 0 Å². The number of hydrogen-bond donors (Lipinski definition) is 1. The zero-order valence-electron chi connectivity index (χ0n) is 9.99. The molecule has 1 aliphatic carbocycles. The van der Waals surface area contributed by atoms with Gasteiger partial charge in [-0.25, -0.2) is 9.97 Å². The molecule has 1 aromatic rings. The fourth-order valence-corrected chi connectivity index (χ4v) is 2.19. The van der Waals surface area contributed by atoms with Crippen LogP contribution in [0.1, 0.15) is 42.8 Å². The Balaban J connectivity index is 2.31. The van der Waals surface area contributed by atoms with E-state index in [-0.39, 0.29) is 5.92 Å². The Morgan fingerprint density at radius 2 is 2.06 bits per heavy atom. The van der Waals surface area contributed by atoms with Crippen LogP contribution in [-0.4, -0.2) is 23.7 Å². The zero-order valence-corrected chi connectivity index (χ0v) is 9.99. The summed E-state index contributed by atoms with van der Waals surface area (Å²) in [7, 11) is 1.69. The Kier molecular flexibility index (Phi) is 3.39. The van der Waals surface area contributed by atoms with Crippen molar-refractivity contribution in [1.82, 2.24) is 9.97 Å². The number of aryl methyl sites for hydroxylation is 1. The first kappa shape index (κ1) is 11.3. The van der Waals surface area contributed by atoms with Crippen molar-refractivity contribution in [2.75, 3.05) is 19.5 Å². The molecule has 2 N–H and O–H groups in total. The average molecular weight is 221 g/mol. The molecular formula is C12H19N3O. The lowest BCUT2D eigenvalue weighted by molar-refractivity contribution is 0.181. The second-order valence-electron chi connectivity index (χ2n) is 4.46. The van der Waals surface area contributed by atoms with E-state index in [1.54, 1.807) is 7.11 Å². The second-order valence-corrected chi connectivity index (χ2v) is 4.46. The fourth-order valence-electron chi connectivity index (χ4n) is 2.19. The Labute approximate surface area is 96.2 Å². The van der Waals surface area contributed by atoms with E-state index in [1.165, 1.54) is 18.4 Å². The molecule has 2 rings (SSSR count). The highest BCUT2D eigenvalue weighted by Crippen LogP contribution is 2.25. The van der Waals surface area contributed by atoms with Crippen molar-refractivity contribution in [3.8, 4) is 0 Å². The minimum absolute atomic E-state index is 0.208. The maximum Gasteiger partial charge on any atom is 0.136 e. The Bertz CT molecular complexity index is 379. The molecule has 88 valence electrons. The molecule has 0 radical (unpaired) electrons. The smallest absolute Gasteiger partial charge is 0.136 e. The maximum absolute atomic E-state index is 5.98. The van der Waals surface area contributed by atoms with E-state index in [0.29, 0.717) is 12.4 Å². The second kappa shape index (κ2) is 4.78. The van der Waals surface area contributed by atoms with Gasteiger partial charge in [0.1, 0.15) is 11.6 Å². The summed E-state index contributed by atoms with van der Waals surface area (Å²) in [5.74, 6) is 1.70. The standard InChI is InChI=1S/C12H19N3O/c1-8(7-16-2)12-14-10-6-4-3-5-9(10)11(13)15-12/h8H,3-7H2,1-2H3,(H2,13,14,15). The van der Waals surface area contributed by atoms with Gasteiger partial charge >= 0.3 is 0 Å². The lowest BCUT2D eigenvalue weighted by Gasteiger charge is -2.18. The number of nitrogen functional groups attached to an aromatic ring is 1. The van der Waals surface area contributed by atoms with Crippen LogP contribution < -0.4 is 5.73 Å². The monoisotopic (exact) mass is 221 g/mol. The summed E-state index contributed by atoms with van der Waals surface area (Å²) in [5, 5.41) is 0. The van der Waals surface area contributed by atoms with Gasteiger partial charge in [-0.15, -0.1) is 0 Å². The predicted octanol–water partition coefficient (Wildman–Crippen LogP) is 1.69. The Morgan fingerprint density at radius 3 is 2.81 bits per heavy atom. The van der Waals surface area contributed by atoms with E-state index < -0.39 is 0 Å². The summed E-state index contributed by atoms with van der Waals surface area (Å²) in [4.78, 5) is 9.01. The minimum atomic E-state index is 0.208. The highest BCUT2D eigenvalue weighted by molar-refractivity contribution is 5.43. The molecule has 1 heterocycles. The van der Waals surface area contributed by atoms with E-state index >= 15 is 0 Å². The van der Waals surface area contributed by atoms with Crippen molar-refractivity contribution >= 4 is 5.82 Å². The number of methoxy groups -OCH3 is 1. The average Bonchev–Trinajstić information content (AvgIpc) is 2.29. The van der Waals surface area contributed by atoms with Gasteiger partial charge in [-0.3, -0.25) is 0 Å². The number of aromatic nitrogens is 2. The number of nitrogens with two attached hydrogens (primary N) is 1. The first-order chi connectivity index (χ1) is 7.72. The van der Waals surface area contributed by atoms with Crippen LogP contribution in [0.25, 0.3) is 0 Å². The molecule has 4 heteroatoms. The van der Waals surface area contributed by atoms with E-state index in [4.69, 9.17) is 10.5 Å². The number of anilines is 1. The Morgan fingerprint density at radius 1 is 1.31 bits per heavy atom. The molecule has 0 aromatic carbocycles. The number of rotatable bonds is 3. The highest BCUT2D eigenvalue weighted by Gasteiger charge is 2.18. The third kappa shape index (κ3) is 2.16. The van der Waals surface area contributed by atoms with E-state index in [9.17, 15) is 0 Å². The highest BCUT2D eigenvalue weighted by atomic mass is 16.5. The van der Waals surface area contributed by atoms with Crippen molar-refractivity contribution in [2.45, 2.75) is 38.5 Å². The molecule has 16 heavy (non-hydrogen) atoms.